The number of nitriles is 1. The van der Waals surface area contributed by atoms with Gasteiger partial charge >= 0.3 is 5.97 Å². The van der Waals surface area contributed by atoms with E-state index < -0.39 is 29.2 Å². The van der Waals surface area contributed by atoms with Crippen LogP contribution in [-0.4, -0.2) is 67.4 Å². The fraction of sp³-hybridized carbons (Fsp3) is 0.474. The molecule has 0 spiro atoms. The fourth-order valence-corrected chi connectivity index (χ4v) is 2.84. The maximum Gasteiger partial charge on any atom is 0.341 e. The topological polar surface area (TPSA) is 143 Å². The predicted molar refractivity (Wildman–Crippen MR) is 102 cm³/mol. The average Bonchev–Trinajstić information content (AvgIpc) is 3.16. The van der Waals surface area contributed by atoms with E-state index in [-0.39, 0.29) is 18.8 Å². The monoisotopic (exact) mass is 414 g/mol. The summed E-state index contributed by atoms with van der Waals surface area (Å²) in [5, 5.41) is 31.4. The van der Waals surface area contributed by atoms with E-state index in [1.165, 1.54) is 28.8 Å². The van der Waals surface area contributed by atoms with Crippen molar-refractivity contribution < 1.29 is 24.2 Å². The first-order valence-electron chi connectivity index (χ1n) is 9.20. The largest absolute Gasteiger partial charge is 0.458 e. The van der Waals surface area contributed by atoms with Crippen LogP contribution in [0.2, 0.25) is 0 Å². The summed E-state index contributed by atoms with van der Waals surface area (Å²) in [5.74, 6) is -1.27. The van der Waals surface area contributed by atoms with E-state index >= 15 is 0 Å². The van der Waals surface area contributed by atoms with E-state index in [0.29, 0.717) is 11.5 Å². The standard InChI is InChI=1S/C19H22N6O5/c1-18(2,3)30-17(27)19(4,28)15-16(26)24(7-8-29-15)14-5-6-25(23-14)13-9-12(10-20)22-21-11-13/h5-6,9,11,15,28H,7-8H2,1-4H3/t15-,19?/m0/s1. The van der Waals surface area contributed by atoms with Gasteiger partial charge < -0.3 is 14.6 Å². The molecule has 158 valence electrons. The Bertz CT molecular complexity index is 1000. The Kier molecular flexibility index (Phi) is 5.56. The Labute approximate surface area is 172 Å². The molecule has 2 aromatic rings. The molecule has 2 atom stereocenters. The molecule has 1 unspecified atom stereocenters. The van der Waals surface area contributed by atoms with Crippen molar-refractivity contribution in [2.75, 3.05) is 18.1 Å². The summed E-state index contributed by atoms with van der Waals surface area (Å²) in [6.45, 7) is 6.46. The highest BCUT2D eigenvalue weighted by molar-refractivity contribution is 6.01. The number of esters is 1. The summed E-state index contributed by atoms with van der Waals surface area (Å²) in [4.78, 5) is 26.8. The van der Waals surface area contributed by atoms with Gasteiger partial charge in [-0.15, -0.1) is 10.2 Å². The van der Waals surface area contributed by atoms with Crippen LogP contribution in [0.1, 0.15) is 33.4 Å². The minimum Gasteiger partial charge on any atom is -0.458 e. The molecule has 1 fully saturated rings. The lowest BCUT2D eigenvalue weighted by Gasteiger charge is -2.38. The van der Waals surface area contributed by atoms with Crippen molar-refractivity contribution >= 4 is 17.7 Å². The lowest BCUT2D eigenvalue weighted by molar-refractivity contribution is -0.194. The average molecular weight is 414 g/mol. The van der Waals surface area contributed by atoms with Gasteiger partial charge in [-0.1, -0.05) is 0 Å². The number of carbonyl (C=O) groups excluding carboxylic acids is 2. The minimum absolute atomic E-state index is 0.0948. The van der Waals surface area contributed by atoms with E-state index in [0.717, 1.165) is 0 Å². The van der Waals surface area contributed by atoms with E-state index in [1.54, 1.807) is 33.0 Å². The van der Waals surface area contributed by atoms with Gasteiger partial charge in [0, 0.05) is 18.3 Å². The second-order valence-electron chi connectivity index (χ2n) is 7.92. The van der Waals surface area contributed by atoms with Gasteiger partial charge in [0.25, 0.3) is 5.91 Å². The Balaban J connectivity index is 1.83. The molecule has 30 heavy (non-hydrogen) atoms. The van der Waals surface area contributed by atoms with Crippen molar-refractivity contribution in [2.24, 2.45) is 0 Å². The van der Waals surface area contributed by atoms with E-state index in [2.05, 4.69) is 15.3 Å². The number of nitrogens with zero attached hydrogens (tertiary/aromatic N) is 6. The molecule has 0 aliphatic carbocycles. The number of morpholine rings is 1. The fourth-order valence-electron chi connectivity index (χ4n) is 2.84. The zero-order valence-electron chi connectivity index (χ0n) is 17.1. The minimum atomic E-state index is -2.18. The molecule has 0 saturated carbocycles. The van der Waals surface area contributed by atoms with Gasteiger partial charge in [-0.3, -0.25) is 9.69 Å². The Morgan fingerprint density at radius 2 is 2.13 bits per heavy atom. The zero-order chi connectivity index (χ0) is 22.1. The molecule has 3 rings (SSSR count). The first-order chi connectivity index (χ1) is 14.0. The van der Waals surface area contributed by atoms with Crippen LogP contribution in [0.25, 0.3) is 5.69 Å². The van der Waals surface area contributed by atoms with Crippen LogP contribution in [-0.2, 0) is 19.1 Å². The summed E-state index contributed by atoms with van der Waals surface area (Å²) in [6, 6.07) is 4.99. The maximum atomic E-state index is 13.0. The lowest BCUT2D eigenvalue weighted by atomic mass is 9.96. The molecule has 1 aliphatic heterocycles. The van der Waals surface area contributed by atoms with Crippen LogP contribution in [0, 0.1) is 11.3 Å². The summed E-state index contributed by atoms with van der Waals surface area (Å²) in [5.41, 5.74) is -2.40. The molecule has 11 nitrogen and oxygen atoms in total. The molecule has 11 heteroatoms. The number of aromatic nitrogens is 4. The SMILES string of the molecule is CC(C)(C)OC(=O)C(C)(O)[C@H]1OCCN(c2ccn(-c3cnnc(C#N)c3)n2)C1=O. The van der Waals surface area contributed by atoms with Crippen LogP contribution in [0.3, 0.4) is 0 Å². The highest BCUT2D eigenvalue weighted by atomic mass is 16.6. The molecule has 1 N–H and O–H groups in total. The smallest absolute Gasteiger partial charge is 0.341 e. The summed E-state index contributed by atoms with van der Waals surface area (Å²) < 4.78 is 12.1. The number of hydrogen-bond donors (Lipinski definition) is 1. The predicted octanol–water partition coefficient (Wildman–Crippen LogP) is 0.358. The van der Waals surface area contributed by atoms with Crippen molar-refractivity contribution in [1.82, 2.24) is 20.0 Å². The van der Waals surface area contributed by atoms with E-state index in [1.807, 2.05) is 6.07 Å². The van der Waals surface area contributed by atoms with E-state index in [4.69, 9.17) is 14.7 Å². The number of carbonyl (C=O) groups is 2. The van der Waals surface area contributed by atoms with Gasteiger partial charge in [0.2, 0.25) is 0 Å². The molecular weight excluding hydrogens is 392 g/mol. The van der Waals surface area contributed by atoms with Crippen molar-refractivity contribution in [3.05, 3.63) is 30.2 Å². The van der Waals surface area contributed by atoms with Crippen molar-refractivity contribution in [3.8, 4) is 11.8 Å². The molecule has 0 bridgehead atoms. The molecule has 0 aromatic carbocycles. The van der Waals surface area contributed by atoms with Gasteiger partial charge in [0.1, 0.15) is 11.7 Å². The Hall–Kier alpha value is -3.36. The van der Waals surface area contributed by atoms with E-state index in [9.17, 15) is 14.7 Å². The van der Waals surface area contributed by atoms with Crippen LogP contribution < -0.4 is 4.90 Å². The van der Waals surface area contributed by atoms with Gasteiger partial charge in [-0.2, -0.15) is 10.4 Å². The second kappa shape index (κ2) is 7.81. The van der Waals surface area contributed by atoms with Crippen LogP contribution in [0.4, 0.5) is 5.82 Å². The maximum absolute atomic E-state index is 13.0. The van der Waals surface area contributed by atoms with Crippen LogP contribution in [0.5, 0.6) is 0 Å². The lowest BCUT2D eigenvalue weighted by Crippen LogP contribution is -2.61. The van der Waals surface area contributed by atoms with Gasteiger partial charge in [0.05, 0.1) is 25.0 Å². The van der Waals surface area contributed by atoms with Crippen molar-refractivity contribution in [2.45, 2.75) is 45.0 Å². The number of anilines is 1. The number of amides is 1. The number of ether oxygens (including phenoxy) is 2. The molecule has 1 aliphatic rings. The molecular formula is C19H22N6O5. The number of rotatable bonds is 4. The quantitative estimate of drug-likeness (QED) is 0.701. The van der Waals surface area contributed by atoms with Crippen LogP contribution >= 0.6 is 0 Å². The first kappa shape index (κ1) is 21.4. The number of hydrogen-bond acceptors (Lipinski definition) is 9. The summed E-state index contributed by atoms with van der Waals surface area (Å²) in [7, 11) is 0. The molecule has 1 amide bonds. The highest BCUT2D eigenvalue weighted by Crippen LogP contribution is 2.26. The molecule has 2 aromatic heterocycles. The third kappa shape index (κ3) is 4.29. The zero-order valence-corrected chi connectivity index (χ0v) is 17.1. The Morgan fingerprint density at radius 1 is 1.40 bits per heavy atom. The van der Waals surface area contributed by atoms with Gasteiger partial charge in [-0.25, -0.2) is 9.48 Å². The van der Waals surface area contributed by atoms with Crippen molar-refractivity contribution in [1.29, 1.82) is 5.26 Å². The number of aliphatic hydroxyl groups is 1. The highest BCUT2D eigenvalue weighted by Gasteiger charge is 2.50. The molecule has 0 radical (unpaired) electrons. The first-order valence-corrected chi connectivity index (χ1v) is 9.20. The summed E-state index contributed by atoms with van der Waals surface area (Å²) in [6.07, 6.45) is 1.57. The summed E-state index contributed by atoms with van der Waals surface area (Å²) >= 11 is 0. The third-order valence-corrected chi connectivity index (χ3v) is 4.28. The molecule has 3 heterocycles. The molecule has 1 saturated heterocycles. The van der Waals surface area contributed by atoms with Crippen LogP contribution in [0.15, 0.2) is 24.5 Å². The Morgan fingerprint density at radius 3 is 2.80 bits per heavy atom. The second-order valence-corrected chi connectivity index (χ2v) is 7.92. The normalized spacial score (nSPS) is 19.1. The van der Waals surface area contributed by atoms with Gasteiger partial charge in [-0.05, 0) is 27.7 Å². The van der Waals surface area contributed by atoms with Crippen molar-refractivity contribution in [3.63, 3.8) is 0 Å². The van der Waals surface area contributed by atoms with Gasteiger partial charge in [0.15, 0.2) is 23.2 Å². The third-order valence-electron chi connectivity index (χ3n) is 4.28.